The zero-order valence-corrected chi connectivity index (χ0v) is 6.18. The fourth-order valence-electron chi connectivity index (χ4n) is 0.818. The Bertz CT molecular complexity index is 235. The Kier molecular flexibility index (Phi) is 1.81. The molecule has 0 spiro atoms. The Balaban J connectivity index is 3.08. The van der Waals surface area contributed by atoms with Crippen molar-refractivity contribution in [3.05, 3.63) is 24.2 Å². The first-order chi connectivity index (χ1) is 4.79. The molecule has 0 aromatic carbocycles. The Labute approximate surface area is 60.1 Å². The van der Waals surface area contributed by atoms with E-state index in [0.29, 0.717) is 0 Å². The van der Waals surface area contributed by atoms with Gasteiger partial charge in [0.25, 0.3) is 0 Å². The Morgan fingerprint density at radius 2 is 2.40 bits per heavy atom. The molecule has 10 heavy (non-hydrogen) atoms. The fourth-order valence-corrected chi connectivity index (χ4v) is 0.818. The molecule has 54 valence electrons. The minimum absolute atomic E-state index is 0.773. The summed E-state index contributed by atoms with van der Waals surface area (Å²) >= 11 is 0. The van der Waals surface area contributed by atoms with Crippen molar-refractivity contribution in [1.82, 2.24) is 0 Å². The fraction of sp³-hybridized carbons (Fsp3) is 0.250. The summed E-state index contributed by atoms with van der Waals surface area (Å²) < 4.78 is 10.1. The summed E-state index contributed by atoms with van der Waals surface area (Å²) in [7, 11) is 1.62. The quantitative estimate of drug-likeness (QED) is 0.625. The van der Waals surface area contributed by atoms with Crippen molar-refractivity contribution >= 4 is 6.08 Å². The molecule has 0 atom stereocenters. The van der Waals surface area contributed by atoms with Crippen LogP contribution in [0.2, 0.25) is 0 Å². The maximum Gasteiger partial charge on any atom is 0.160 e. The Morgan fingerprint density at radius 1 is 1.70 bits per heavy atom. The lowest BCUT2D eigenvalue weighted by Crippen LogP contribution is -1.81. The van der Waals surface area contributed by atoms with Crippen LogP contribution in [0.3, 0.4) is 0 Å². The molecule has 0 bridgehead atoms. The average Bonchev–Trinajstić information content (AvgIpc) is 2.30. The second-order valence-electron chi connectivity index (χ2n) is 2.00. The first-order valence-corrected chi connectivity index (χ1v) is 3.04. The molecule has 1 heterocycles. The largest absolute Gasteiger partial charge is 0.493 e. The van der Waals surface area contributed by atoms with E-state index in [1.54, 1.807) is 19.4 Å². The van der Waals surface area contributed by atoms with Crippen LogP contribution in [-0.2, 0) is 0 Å². The van der Waals surface area contributed by atoms with Crippen molar-refractivity contribution in [3.63, 3.8) is 0 Å². The maximum absolute atomic E-state index is 5.09. The van der Waals surface area contributed by atoms with Gasteiger partial charge in [-0.2, -0.15) is 0 Å². The monoisotopic (exact) mass is 138 g/mol. The predicted molar refractivity (Wildman–Crippen MR) is 40.1 cm³/mol. The summed E-state index contributed by atoms with van der Waals surface area (Å²) in [5.74, 6) is 1.55. The molecule has 0 aliphatic rings. The molecule has 0 aliphatic heterocycles. The molecule has 0 saturated heterocycles. The molecule has 1 aromatic heterocycles. The van der Waals surface area contributed by atoms with E-state index in [-0.39, 0.29) is 0 Å². The van der Waals surface area contributed by atoms with Crippen LogP contribution in [0.4, 0.5) is 0 Å². The van der Waals surface area contributed by atoms with E-state index in [1.165, 1.54) is 0 Å². The first-order valence-electron chi connectivity index (χ1n) is 3.04. The van der Waals surface area contributed by atoms with Gasteiger partial charge in [0, 0.05) is 5.56 Å². The summed E-state index contributed by atoms with van der Waals surface area (Å²) in [6, 6.07) is 0. The van der Waals surface area contributed by atoms with Crippen LogP contribution in [0.1, 0.15) is 11.3 Å². The molecular weight excluding hydrogens is 128 g/mol. The van der Waals surface area contributed by atoms with Crippen LogP contribution in [0.5, 0.6) is 5.75 Å². The number of methoxy groups -OCH3 is 1. The highest BCUT2D eigenvalue weighted by Gasteiger charge is 2.04. The van der Waals surface area contributed by atoms with Crippen molar-refractivity contribution in [2.24, 2.45) is 0 Å². The zero-order valence-electron chi connectivity index (χ0n) is 6.18. The third-order valence-electron chi connectivity index (χ3n) is 1.44. The normalized spacial score (nSPS) is 9.40. The molecular formula is C8H10O2. The van der Waals surface area contributed by atoms with E-state index < -0.39 is 0 Å². The van der Waals surface area contributed by atoms with E-state index >= 15 is 0 Å². The van der Waals surface area contributed by atoms with Crippen molar-refractivity contribution < 1.29 is 9.15 Å². The maximum atomic E-state index is 5.09. The van der Waals surface area contributed by atoms with Crippen LogP contribution in [0.25, 0.3) is 6.08 Å². The highest BCUT2D eigenvalue weighted by atomic mass is 16.5. The Morgan fingerprint density at radius 3 is 2.70 bits per heavy atom. The van der Waals surface area contributed by atoms with Crippen LogP contribution in [0.15, 0.2) is 17.3 Å². The van der Waals surface area contributed by atoms with Gasteiger partial charge < -0.3 is 9.15 Å². The Hall–Kier alpha value is -1.18. The number of rotatable bonds is 2. The predicted octanol–water partition coefficient (Wildman–Crippen LogP) is 2.24. The number of furan rings is 1. The van der Waals surface area contributed by atoms with Gasteiger partial charge in [-0.25, -0.2) is 0 Å². The molecule has 0 fully saturated rings. The molecule has 0 amide bonds. The van der Waals surface area contributed by atoms with Crippen molar-refractivity contribution in [2.75, 3.05) is 7.11 Å². The summed E-state index contributed by atoms with van der Waals surface area (Å²) in [4.78, 5) is 0. The summed E-state index contributed by atoms with van der Waals surface area (Å²) in [6.07, 6.45) is 3.24. The van der Waals surface area contributed by atoms with Crippen LogP contribution >= 0.6 is 0 Å². The molecule has 0 aliphatic carbocycles. The van der Waals surface area contributed by atoms with Gasteiger partial charge in [-0.3, -0.25) is 0 Å². The second kappa shape index (κ2) is 2.60. The first kappa shape index (κ1) is 6.93. The lowest BCUT2D eigenvalue weighted by molar-refractivity contribution is 0.404. The topological polar surface area (TPSA) is 22.4 Å². The molecule has 2 heteroatoms. The third kappa shape index (κ3) is 0.923. The minimum atomic E-state index is 0.773. The molecule has 0 N–H and O–H groups in total. The minimum Gasteiger partial charge on any atom is -0.493 e. The van der Waals surface area contributed by atoms with Gasteiger partial charge in [-0.05, 0) is 13.0 Å². The molecule has 2 nitrogen and oxygen atoms in total. The smallest absolute Gasteiger partial charge is 0.160 e. The van der Waals surface area contributed by atoms with Gasteiger partial charge in [0.15, 0.2) is 5.75 Å². The van der Waals surface area contributed by atoms with Crippen LogP contribution in [-0.4, -0.2) is 7.11 Å². The van der Waals surface area contributed by atoms with Gasteiger partial charge in [0.1, 0.15) is 12.0 Å². The van der Waals surface area contributed by atoms with Crippen LogP contribution < -0.4 is 4.74 Å². The number of ether oxygens (including phenoxy) is 1. The molecule has 0 radical (unpaired) electrons. The van der Waals surface area contributed by atoms with E-state index in [9.17, 15) is 0 Å². The van der Waals surface area contributed by atoms with Crippen molar-refractivity contribution in [2.45, 2.75) is 6.92 Å². The van der Waals surface area contributed by atoms with Gasteiger partial charge >= 0.3 is 0 Å². The number of hydrogen-bond donors (Lipinski definition) is 0. The van der Waals surface area contributed by atoms with E-state index in [1.807, 2.05) is 6.92 Å². The lowest BCUT2D eigenvalue weighted by atomic mass is 10.2. The van der Waals surface area contributed by atoms with Crippen LogP contribution in [0, 0.1) is 6.92 Å². The number of hydrogen-bond acceptors (Lipinski definition) is 2. The summed E-state index contributed by atoms with van der Waals surface area (Å²) in [6.45, 7) is 5.52. The van der Waals surface area contributed by atoms with Gasteiger partial charge in [0.05, 0.1) is 7.11 Å². The van der Waals surface area contributed by atoms with E-state index in [4.69, 9.17) is 9.15 Å². The molecule has 0 unspecified atom stereocenters. The highest BCUT2D eigenvalue weighted by molar-refractivity contribution is 5.49. The van der Waals surface area contributed by atoms with Crippen molar-refractivity contribution in [1.29, 1.82) is 0 Å². The SMILES string of the molecule is C=Cc1occ(OC)c1C. The van der Waals surface area contributed by atoms with E-state index in [0.717, 1.165) is 17.1 Å². The summed E-state index contributed by atoms with van der Waals surface area (Å²) in [5, 5.41) is 0. The molecule has 1 rings (SSSR count). The lowest BCUT2D eigenvalue weighted by Gasteiger charge is -1.93. The van der Waals surface area contributed by atoms with E-state index in [2.05, 4.69) is 6.58 Å². The zero-order chi connectivity index (χ0) is 7.56. The molecule has 0 saturated carbocycles. The standard InChI is InChI=1S/C8H10O2/c1-4-7-6(2)8(9-3)5-10-7/h4-5H,1H2,2-3H3. The third-order valence-corrected chi connectivity index (χ3v) is 1.44. The van der Waals surface area contributed by atoms with Gasteiger partial charge in [0.2, 0.25) is 0 Å². The summed E-state index contributed by atoms with van der Waals surface area (Å²) in [5.41, 5.74) is 0.998. The van der Waals surface area contributed by atoms with Gasteiger partial charge in [-0.1, -0.05) is 6.58 Å². The average molecular weight is 138 g/mol. The van der Waals surface area contributed by atoms with Gasteiger partial charge in [-0.15, -0.1) is 0 Å². The molecule has 1 aromatic rings. The highest BCUT2D eigenvalue weighted by Crippen LogP contribution is 2.23. The van der Waals surface area contributed by atoms with Crippen molar-refractivity contribution in [3.8, 4) is 5.75 Å². The second-order valence-corrected chi connectivity index (χ2v) is 2.00.